The van der Waals surface area contributed by atoms with Crippen LogP contribution in [0.15, 0.2) is 24.3 Å². The summed E-state index contributed by atoms with van der Waals surface area (Å²) in [4.78, 5) is 11.9. The maximum atomic E-state index is 11.9. The molecule has 0 aromatic heterocycles. The normalized spacial score (nSPS) is 25.2. The molecule has 2 atom stereocenters. The third-order valence-electron chi connectivity index (χ3n) is 3.87. The molecule has 1 saturated carbocycles. The van der Waals surface area contributed by atoms with Gasteiger partial charge in [0.25, 0.3) is 0 Å². The van der Waals surface area contributed by atoms with Gasteiger partial charge in [0, 0.05) is 12.5 Å². The molecule has 1 aromatic carbocycles. The molecule has 1 aliphatic carbocycles. The van der Waals surface area contributed by atoms with Crippen LogP contribution in [0, 0.1) is 0 Å². The van der Waals surface area contributed by atoms with E-state index in [9.17, 15) is 4.79 Å². The molecule has 0 spiro atoms. The highest BCUT2D eigenvalue weighted by Gasteiger charge is 2.46. The van der Waals surface area contributed by atoms with Crippen molar-refractivity contribution in [3.05, 3.63) is 24.3 Å². The Balaban J connectivity index is 2.03. The fourth-order valence-corrected chi connectivity index (χ4v) is 2.68. The number of esters is 1. The van der Waals surface area contributed by atoms with Crippen LogP contribution in [0.1, 0.15) is 19.3 Å². The Morgan fingerprint density at radius 2 is 2.10 bits per heavy atom. The van der Waals surface area contributed by atoms with Crippen molar-refractivity contribution >= 4 is 5.97 Å². The summed E-state index contributed by atoms with van der Waals surface area (Å²) in [7, 11) is 4.82. The van der Waals surface area contributed by atoms with Gasteiger partial charge in [0.15, 0.2) is 0 Å². The van der Waals surface area contributed by atoms with E-state index in [0.717, 1.165) is 17.9 Å². The number of rotatable bonds is 5. The van der Waals surface area contributed by atoms with Crippen molar-refractivity contribution in [2.45, 2.75) is 30.9 Å². The van der Waals surface area contributed by atoms with Crippen molar-refractivity contribution < 1.29 is 19.0 Å². The SMILES string of the molecule is CNC1(C(=O)OC)CCC(Oc2cccc(OC)c2)C1. The zero-order valence-corrected chi connectivity index (χ0v) is 12.1. The summed E-state index contributed by atoms with van der Waals surface area (Å²) < 4.78 is 16.0. The standard InChI is InChI=1S/C15H21NO4/c1-16-15(14(17)19-3)8-7-13(10-15)20-12-6-4-5-11(9-12)18-2/h4-6,9,13,16H,7-8,10H2,1-3H3. The summed E-state index contributed by atoms with van der Waals surface area (Å²) >= 11 is 0. The van der Waals surface area contributed by atoms with Crippen LogP contribution in [0.4, 0.5) is 0 Å². The number of likely N-dealkylation sites (N-methyl/N-ethyl adjacent to an activating group) is 1. The number of ether oxygens (including phenoxy) is 3. The van der Waals surface area contributed by atoms with Crippen LogP contribution in [0.2, 0.25) is 0 Å². The lowest BCUT2D eigenvalue weighted by Gasteiger charge is -2.25. The largest absolute Gasteiger partial charge is 0.497 e. The first kappa shape index (κ1) is 14.7. The first-order valence-corrected chi connectivity index (χ1v) is 6.71. The Morgan fingerprint density at radius 1 is 1.35 bits per heavy atom. The van der Waals surface area contributed by atoms with Crippen LogP contribution < -0.4 is 14.8 Å². The van der Waals surface area contributed by atoms with Crippen molar-refractivity contribution in [3.63, 3.8) is 0 Å². The van der Waals surface area contributed by atoms with Crippen LogP contribution in [0.25, 0.3) is 0 Å². The monoisotopic (exact) mass is 279 g/mol. The molecule has 1 fully saturated rings. The van der Waals surface area contributed by atoms with Crippen LogP contribution in [-0.4, -0.2) is 38.9 Å². The first-order chi connectivity index (χ1) is 9.63. The minimum Gasteiger partial charge on any atom is -0.497 e. The van der Waals surface area contributed by atoms with Crippen molar-refractivity contribution in [1.82, 2.24) is 5.32 Å². The molecule has 0 aliphatic heterocycles. The Morgan fingerprint density at radius 3 is 2.75 bits per heavy atom. The van der Waals surface area contributed by atoms with Gasteiger partial charge in [-0.25, -0.2) is 0 Å². The van der Waals surface area contributed by atoms with E-state index < -0.39 is 5.54 Å². The molecule has 0 bridgehead atoms. The quantitative estimate of drug-likeness (QED) is 0.832. The Kier molecular flexibility index (Phi) is 4.49. The van der Waals surface area contributed by atoms with Gasteiger partial charge in [-0.15, -0.1) is 0 Å². The average molecular weight is 279 g/mol. The number of methoxy groups -OCH3 is 2. The third kappa shape index (κ3) is 2.88. The molecule has 0 amide bonds. The molecule has 110 valence electrons. The van der Waals surface area contributed by atoms with Crippen molar-refractivity contribution in [1.29, 1.82) is 0 Å². The van der Waals surface area contributed by atoms with Crippen LogP contribution >= 0.6 is 0 Å². The summed E-state index contributed by atoms with van der Waals surface area (Å²) in [5.41, 5.74) is -0.627. The van der Waals surface area contributed by atoms with E-state index in [1.807, 2.05) is 24.3 Å². The number of carbonyl (C=O) groups excluding carboxylic acids is 1. The topological polar surface area (TPSA) is 56.8 Å². The van der Waals surface area contributed by atoms with E-state index in [4.69, 9.17) is 14.2 Å². The van der Waals surface area contributed by atoms with Crippen molar-refractivity contribution in [3.8, 4) is 11.5 Å². The lowest BCUT2D eigenvalue weighted by atomic mass is 9.98. The molecule has 1 N–H and O–H groups in total. The van der Waals surface area contributed by atoms with Crippen molar-refractivity contribution in [2.75, 3.05) is 21.3 Å². The van der Waals surface area contributed by atoms with Gasteiger partial charge in [0.05, 0.1) is 14.2 Å². The van der Waals surface area contributed by atoms with E-state index in [1.54, 1.807) is 14.2 Å². The van der Waals surface area contributed by atoms with Gasteiger partial charge in [-0.3, -0.25) is 4.79 Å². The molecule has 2 rings (SSSR count). The Labute approximate surface area is 119 Å². The fourth-order valence-electron chi connectivity index (χ4n) is 2.68. The van der Waals surface area contributed by atoms with Gasteiger partial charge in [0.1, 0.15) is 23.1 Å². The number of hydrogen-bond acceptors (Lipinski definition) is 5. The second-order valence-corrected chi connectivity index (χ2v) is 4.99. The number of benzene rings is 1. The highest BCUT2D eigenvalue weighted by molar-refractivity contribution is 5.81. The molecular formula is C15H21NO4. The molecule has 0 saturated heterocycles. The van der Waals surface area contributed by atoms with Crippen molar-refractivity contribution in [2.24, 2.45) is 0 Å². The van der Waals surface area contributed by atoms with Gasteiger partial charge in [-0.05, 0) is 32.0 Å². The molecule has 1 aliphatic rings. The van der Waals surface area contributed by atoms with Crippen LogP contribution in [-0.2, 0) is 9.53 Å². The zero-order valence-electron chi connectivity index (χ0n) is 12.1. The van der Waals surface area contributed by atoms with Crippen LogP contribution in [0.5, 0.6) is 11.5 Å². The number of nitrogens with one attached hydrogen (secondary N) is 1. The Hall–Kier alpha value is -1.75. The minimum absolute atomic E-state index is 0.00587. The maximum absolute atomic E-state index is 11.9. The highest BCUT2D eigenvalue weighted by atomic mass is 16.5. The second-order valence-electron chi connectivity index (χ2n) is 4.99. The summed E-state index contributed by atoms with van der Waals surface area (Å²) in [6.45, 7) is 0. The van der Waals surface area contributed by atoms with E-state index in [2.05, 4.69) is 5.32 Å². The molecule has 5 nitrogen and oxygen atoms in total. The lowest BCUT2D eigenvalue weighted by Crippen LogP contribution is -2.49. The zero-order chi connectivity index (χ0) is 14.6. The third-order valence-corrected chi connectivity index (χ3v) is 3.87. The fraction of sp³-hybridized carbons (Fsp3) is 0.533. The molecule has 0 heterocycles. The van der Waals surface area contributed by atoms with Gasteiger partial charge in [-0.1, -0.05) is 6.07 Å². The summed E-state index contributed by atoms with van der Waals surface area (Å²) in [6.07, 6.45) is 2.12. The average Bonchev–Trinajstić information content (AvgIpc) is 2.91. The summed E-state index contributed by atoms with van der Waals surface area (Å²) in [5.74, 6) is 1.29. The smallest absolute Gasteiger partial charge is 0.326 e. The van der Waals surface area contributed by atoms with Gasteiger partial charge < -0.3 is 19.5 Å². The lowest BCUT2D eigenvalue weighted by molar-refractivity contribution is -0.148. The van der Waals surface area contributed by atoms with Gasteiger partial charge >= 0.3 is 5.97 Å². The predicted molar refractivity (Wildman–Crippen MR) is 75.1 cm³/mol. The number of carbonyl (C=O) groups is 1. The molecular weight excluding hydrogens is 258 g/mol. The first-order valence-electron chi connectivity index (χ1n) is 6.71. The van der Waals surface area contributed by atoms with Gasteiger partial charge in [0.2, 0.25) is 0 Å². The molecule has 1 aromatic rings. The Bertz CT molecular complexity index is 477. The number of hydrogen-bond donors (Lipinski definition) is 1. The second kappa shape index (κ2) is 6.13. The summed E-state index contributed by atoms with van der Waals surface area (Å²) in [6, 6.07) is 7.49. The summed E-state index contributed by atoms with van der Waals surface area (Å²) in [5, 5.41) is 3.09. The maximum Gasteiger partial charge on any atom is 0.326 e. The molecule has 20 heavy (non-hydrogen) atoms. The predicted octanol–water partition coefficient (Wildman–Crippen LogP) is 1.76. The van der Waals surface area contributed by atoms with E-state index in [1.165, 1.54) is 7.11 Å². The molecule has 0 radical (unpaired) electrons. The van der Waals surface area contributed by atoms with E-state index >= 15 is 0 Å². The molecule has 2 unspecified atom stereocenters. The highest BCUT2D eigenvalue weighted by Crippen LogP contribution is 2.34. The van der Waals surface area contributed by atoms with E-state index in [-0.39, 0.29) is 12.1 Å². The molecule has 5 heteroatoms. The van der Waals surface area contributed by atoms with E-state index in [0.29, 0.717) is 12.8 Å². The minimum atomic E-state index is -0.627. The van der Waals surface area contributed by atoms with Crippen LogP contribution in [0.3, 0.4) is 0 Å². The van der Waals surface area contributed by atoms with Gasteiger partial charge in [-0.2, -0.15) is 0 Å².